The molecule has 0 unspecified atom stereocenters. The summed E-state index contributed by atoms with van der Waals surface area (Å²) in [5.74, 6) is -0.236. The molecule has 1 aromatic carbocycles. The number of para-hydroxylation sites is 1. The van der Waals surface area contributed by atoms with E-state index in [0.717, 1.165) is 53.4 Å². The number of aliphatic hydroxyl groups excluding tert-OH is 1. The van der Waals surface area contributed by atoms with Gasteiger partial charge in [-0.3, -0.25) is 4.79 Å². The van der Waals surface area contributed by atoms with E-state index < -0.39 is 6.10 Å². The molecule has 1 aliphatic carbocycles. The summed E-state index contributed by atoms with van der Waals surface area (Å²) < 4.78 is 1.75. The second kappa shape index (κ2) is 7.84. The highest BCUT2D eigenvalue weighted by atomic mass is 16.3. The van der Waals surface area contributed by atoms with Gasteiger partial charge in [0.25, 0.3) is 5.91 Å². The minimum Gasteiger partial charge on any atom is -0.391 e. The summed E-state index contributed by atoms with van der Waals surface area (Å²) in [6.07, 6.45) is 7.18. The molecular weight excluding hydrogens is 378 g/mol. The zero-order valence-electron chi connectivity index (χ0n) is 16.5. The van der Waals surface area contributed by atoms with Crippen molar-refractivity contribution in [3.05, 3.63) is 71.8 Å². The van der Waals surface area contributed by atoms with Gasteiger partial charge >= 0.3 is 0 Å². The number of rotatable bonds is 4. The van der Waals surface area contributed by atoms with Gasteiger partial charge in [0, 0.05) is 11.6 Å². The van der Waals surface area contributed by atoms with Crippen molar-refractivity contribution in [3.63, 3.8) is 0 Å². The van der Waals surface area contributed by atoms with Gasteiger partial charge in [0.05, 0.1) is 17.7 Å². The Morgan fingerprint density at radius 1 is 1.17 bits per heavy atom. The average molecular weight is 401 g/mol. The zero-order valence-corrected chi connectivity index (χ0v) is 16.5. The molecule has 0 bridgehead atoms. The highest BCUT2D eigenvalue weighted by Gasteiger charge is 2.25. The summed E-state index contributed by atoms with van der Waals surface area (Å²) in [5, 5.41) is 18.4. The smallest absolute Gasteiger partial charge is 0.270 e. The standard InChI is InChI=1S/C23H23N5O2/c29-21-8-4-3-7-19(21)27-23(30)20-12-16(17-5-1-2-6-18(17)26-20)11-15-9-10-22-24-14-25-28(22)13-15/h1-2,5-6,9-10,12-14,19,21,29H,3-4,7-8,11H2,(H,27,30)/t19-,21-/m0/s1. The number of carbonyl (C=O) groups is 1. The van der Waals surface area contributed by atoms with Gasteiger partial charge in [-0.2, -0.15) is 5.10 Å². The maximum Gasteiger partial charge on any atom is 0.270 e. The van der Waals surface area contributed by atoms with E-state index in [-0.39, 0.29) is 11.9 Å². The lowest BCUT2D eigenvalue weighted by atomic mass is 9.92. The molecular formula is C23H23N5O2. The third kappa shape index (κ3) is 3.64. The summed E-state index contributed by atoms with van der Waals surface area (Å²) in [5.41, 5.74) is 4.05. The van der Waals surface area contributed by atoms with E-state index in [2.05, 4.69) is 20.4 Å². The first-order chi connectivity index (χ1) is 14.7. The monoisotopic (exact) mass is 401 g/mol. The molecule has 2 N–H and O–H groups in total. The molecule has 1 fully saturated rings. The zero-order chi connectivity index (χ0) is 20.5. The molecule has 1 aliphatic rings. The molecule has 0 radical (unpaired) electrons. The number of aliphatic hydroxyl groups is 1. The van der Waals surface area contributed by atoms with Crippen LogP contribution in [0.2, 0.25) is 0 Å². The van der Waals surface area contributed by atoms with Crippen LogP contribution in [0.25, 0.3) is 16.6 Å². The Morgan fingerprint density at radius 3 is 2.93 bits per heavy atom. The summed E-state index contributed by atoms with van der Waals surface area (Å²) in [6, 6.07) is 13.5. The third-order valence-electron chi connectivity index (χ3n) is 5.81. The Balaban J connectivity index is 1.48. The quantitative estimate of drug-likeness (QED) is 0.549. The Kier molecular flexibility index (Phi) is 4.88. The SMILES string of the molecule is O=C(N[C@H]1CCCC[C@@H]1O)c1cc(Cc2ccc3ncnn3c2)c2ccccc2n1. The van der Waals surface area contributed by atoms with Gasteiger partial charge in [0.2, 0.25) is 0 Å². The number of nitrogens with one attached hydrogen (secondary N) is 1. The number of amides is 1. The van der Waals surface area contributed by atoms with Crippen LogP contribution in [0.3, 0.4) is 0 Å². The van der Waals surface area contributed by atoms with Crippen LogP contribution in [0.1, 0.15) is 47.3 Å². The summed E-state index contributed by atoms with van der Waals surface area (Å²) in [4.78, 5) is 21.7. The van der Waals surface area contributed by atoms with Crippen molar-refractivity contribution in [2.45, 2.75) is 44.2 Å². The van der Waals surface area contributed by atoms with Crippen LogP contribution in [0.5, 0.6) is 0 Å². The van der Waals surface area contributed by atoms with Crippen LogP contribution >= 0.6 is 0 Å². The maximum atomic E-state index is 12.9. The van der Waals surface area contributed by atoms with E-state index in [1.165, 1.54) is 6.33 Å². The number of fused-ring (bicyclic) bond motifs is 2. The van der Waals surface area contributed by atoms with Gasteiger partial charge in [0.15, 0.2) is 5.65 Å². The number of hydrogen-bond acceptors (Lipinski definition) is 5. The maximum absolute atomic E-state index is 12.9. The number of hydrogen-bond donors (Lipinski definition) is 2. The fraction of sp³-hybridized carbons (Fsp3) is 0.304. The van der Waals surface area contributed by atoms with Crippen molar-refractivity contribution in [2.75, 3.05) is 0 Å². The van der Waals surface area contributed by atoms with Gasteiger partial charge in [-0.25, -0.2) is 14.5 Å². The number of benzene rings is 1. The topological polar surface area (TPSA) is 92.4 Å². The lowest BCUT2D eigenvalue weighted by molar-refractivity contribution is 0.0714. The summed E-state index contributed by atoms with van der Waals surface area (Å²) in [6.45, 7) is 0. The highest BCUT2D eigenvalue weighted by Crippen LogP contribution is 2.23. The number of pyridine rings is 2. The Labute approximate surface area is 173 Å². The lowest BCUT2D eigenvalue weighted by Gasteiger charge is -2.28. The summed E-state index contributed by atoms with van der Waals surface area (Å²) >= 11 is 0. The molecule has 0 aliphatic heterocycles. The molecule has 152 valence electrons. The second-order valence-electron chi connectivity index (χ2n) is 7.89. The molecule has 3 heterocycles. The van der Waals surface area contributed by atoms with Crippen molar-refractivity contribution in [1.29, 1.82) is 0 Å². The fourth-order valence-electron chi connectivity index (χ4n) is 4.22. The van der Waals surface area contributed by atoms with E-state index in [1.807, 2.05) is 48.7 Å². The predicted molar refractivity (Wildman–Crippen MR) is 113 cm³/mol. The fourth-order valence-corrected chi connectivity index (χ4v) is 4.22. The van der Waals surface area contributed by atoms with Gasteiger partial charge in [-0.05, 0) is 48.6 Å². The van der Waals surface area contributed by atoms with Crippen molar-refractivity contribution < 1.29 is 9.90 Å². The van der Waals surface area contributed by atoms with Crippen LogP contribution in [-0.4, -0.2) is 42.7 Å². The minimum absolute atomic E-state index is 0.210. The van der Waals surface area contributed by atoms with Gasteiger partial charge in [-0.15, -0.1) is 0 Å². The molecule has 30 heavy (non-hydrogen) atoms. The number of carbonyl (C=O) groups excluding carboxylic acids is 1. The lowest BCUT2D eigenvalue weighted by Crippen LogP contribution is -2.45. The molecule has 1 amide bonds. The van der Waals surface area contributed by atoms with Gasteiger partial charge in [-0.1, -0.05) is 37.1 Å². The predicted octanol–water partition coefficient (Wildman–Crippen LogP) is 2.90. The Hall–Kier alpha value is -3.32. The minimum atomic E-state index is -0.489. The first-order valence-electron chi connectivity index (χ1n) is 10.3. The molecule has 0 spiro atoms. The normalized spacial score (nSPS) is 19.2. The van der Waals surface area contributed by atoms with E-state index in [1.54, 1.807) is 4.52 Å². The molecule has 2 atom stereocenters. The van der Waals surface area contributed by atoms with Crippen LogP contribution in [-0.2, 0) is 6.42 Å². The molecule has 1 saturated carbocycles. The van der Waals surface area contributed by atoms with Crippen molar-refractivity contribution in [1.82, 2.24) is 24.9 Å². The largest absolute Gasteiger partial charge is 0.391 e. The van der Waals surface area contributed by atoms with E-state index in [9.17, 15) is 9.90 Å². The van der Waals surface area contributed by atoms with E-state index in [4.69, 9.17) is 0 Å². The van der Waals surface area contributed by atoms with Crippen molar-refractivity contribution >= 4 is 22.5 Å². The average Bonchev–Trinajstić information content (AvgIpc) is 3.23. The van der Waals surface area contributed by atoms with Gasteiger partial charge < -0.3 is 10.4 Å². The molecule has 3 aromatic heterocycles. The van der Waals surface area contributed by atoms with Crippen LogP contribution < -0.4 is 5.32 Å². The molecule has 4 aromatic rings. The van der Waals surface area contributed by atoms with Crippen molar-refractivity contribution in [3.8, 4) is 0 Å². The Morgan fingerprint density at radius 2 is 2.03 bits per heavy atom. The molecule has 5 rings (SSSR count). The second-order valence-corrected chi connectivity index (χ2v) is 7.89. The first kappa shape index (κ1) is 18.7. The van der Waals surface area contributed by atoms with Crippen LogP contribution in [0, 0.1) is 0 Å². The highest BCUT2D eigenvalue weighted by molar-refractivity contribution is 5.96. The van der Waals surface area contributed by atoms with Crippen molar-refractivity contribution in [2.24, 2.45) is 0 Å². The van der Waals surface area contributed by atoms with Crippen LogP contribution in [0.4, 0.5) is 0 Å². The summed E-state index contributed by atoms with van der Waals surface area (Å²) in [7, 11) is 0. The van der Waals surface area contributed by atoms with Crippen LogP contribution in [0.15, 0.2) is 55.0 Å². The molecule has 7 nitrogen and oxygen atoms in total. The third-order valence-corrected chi connectivity index (χ3v) is 5.81. The Bertz CT molecular complexity index is 1220. The molecule has 0 saturated heterocycles. The van der Waals surface area contributed by atoms with Gasteiger partial charge in [0.1, 0.15) is 12.0 Å². The van der Waals surface area contributed by atoms with E-state index >= 15 is 0 Å². The number of aromatic nitrogens is 4. The molecule has 7 heteroatoms. The first-order valence-corrected chi connectivity index (χ1v) is 10.3. The number of nitrogens with zero attached hydrogens (tertiary/aromatic N) is 4. The van der Waals surface area contributed by atoms with E-state index in [0.29, 0.717) is 12.1 Å².